The van der Waals surface area contributed by atoms with Crippen molar-refractivity contribution in [2.24, 2.45) is 0 Å². The molecule has 0 aliphatic heterocycles. The number of rotatable bonds is 2. The van der Waals surface area contributed by atoms with Crippen LogP contribution in [0.25, 0.3) is 20.4 Å². The number of aryl methyl sites for hydroxylation is 3. The fourth-order valence-corrected chi connectivity index (χ4v) is 4.81. The molecule has 0 fully saturated rings. The molecule has 2 heterocycles. The van der Waals surface area contributed by atoms with Crippen molar-refractivity contribution in [2.75, 3.05) is 5.32 Å². The highest BCUT2D eigenvalue weighted by molar-refractivity contribution is 7.28. The Bertz CT molecular complexity index is 1070. The summed E-state index contributed by atoms with van der Waals surface area (Å²) in [4.78, 5) is 21.6. The molecule has 4 nitrogen and oxygen atoms in total. The van der Waals surface area contributed by atoms with Gasteiger partial charge in [-0.1, -0.05) is 28.5 Å². The second-order valence-corrected chi connectivity index (χ2v) is 8.05. The summed E-state index contributed by atoms with van der Waals surface area (Å²) in [6.45, 7) is 5.98. The number of carbonyl (C=O) groups excluding carboxylic acids is 1. The summed E-state index contributed by atoms with van der Waals surface area (Å²) in [5, 5.41) is 4.58. The van der Waals surface area contributed by atoms with Crippen LogP contribution in [0, 0.1) is 20.8 Å². The minimum Gasteiger partial charge on any atom is -0.298 e. The average Bonchev–Trinajstić information content (AvgIpc) is 3.07. The van der Waals surface area contributed by atoms with E-state index in [0.717, 1.165) is 36.6 Å². The fraction of sp³-hybridized carbons (Fsp3) is 0.167. The van der Waals surface area contributed by atoms with Gasteiger partial charge in [-0.15, -0.1) is 11.3 Å². The Kier molecular flexibility index (Phi) is 3.58. The van der Waals surface area contributed by atoms with E-state index in [0.29, 0.717) is 10.7 Å². The number of benzene rings is 2. The number of carbonyl (C=O) groups is 1. The van der Waals surface area contributed by atoms with Crippen LogP contribution < -0.4 is 5.32 Å². The highest BCUT2D eigenvalue weighted by Gasteiger charge is 2.13. The van der Waals surface area contributed by atoms with Gasteiger partial charge in [0.2, 0.25) is 0 Å². The molecule has 6 heteroatoms. The van der Waals surface area contributed by atoms with Crippen molar-refractivity contribution in [1.29, 1.82) is 0 Å². The molecule has 4 rings (SSSR count). The number of hydrogen-bond donors (Lipinski definition) is 1. The van der Waals surface area contributed by atoms with Crippen molar-refractivity contribution in [3.8, 4) is 0 Å². The van der Waals surface area contributed by atoms with E-state index >= 15 is 0 Å². The highest BCUT2D eigenvalue weighted by atomic mass is 32.1. The summed E-state index contributed by atoms with van der Waals surface area (Å²) in [5.74, 6) is -0.127. The van der Waals surface area contributed by atoms with Crippen LogP contribution in [0.2, 0.25) is 0 Å². The molecule has 120 valence electrons. The molecule has 0 unspecified atom stereocenters. The number of anilines is 1. The zero-order valence-electron chi connectivity index (χ0n) is 13.5. The molecular weight excluding hydrogens is 338 g/mol. The number of aromatic nitrogens is 2. The lowest BCUT2D eigenvalue weighted by molar-refractivity contribution is 0.102. The number of nitrogens with one attached hydrogen (secondary N) is 1. The summed E-state index contributed by atoms with van der Waals surface area (Å²) < 4.78 is 2.21. The van der Waals surface area contributed by atoms with E-state index in [1.807, 2.05) is 45.0 Å². The maximum absolute atomic E-state index is 12.5. The van der Waals surface area contributed by atoms with Crippen LogP contribution in [0.1, 0.15) is 26.5 Å². The second-order valence-electron chi connectivity index (χ2n) is 5.84. The average molecular weight is 353 g/mol. The standard InChI is InChI=1S/C18H15N3OS2/c1-9-6-10(2)8-12(7-9)17(22)21-18-20-14-5-4-13-15(16(14)24-18)23-11(3)19-13/h4-8H,1-3H3,(H,20,21,22). The lowest BCUT2D eigenvalue weighted by Crippen LogP contribution is -2.12. The normalized spacial score (nSPS) is 11.3. The molecule has 1 amide bonds. The molecule has 1 N–H and O–H groups in total. The van der Waals surface area contributed by atoms with Gasteiger partial charge in [-0.2, -0.15) is 0 Å². The van der Waals surface area contributed by atoms with Crippen LogP contribution in [-0.2, 0) is 0 Å². The van der Waals surface area contributed by atoms with Gasteiger partial charge in [-0.25, -0.2) is 9.97 Å². The van der Waals surface area contributed by atoms with Gasteiger partial charge in [0.25, 0.3) is 5.91 Å². The molecule has 4 aromatic rings. The zero-order chi connectivity index (χ0) is 16.8. The number of amides is 1. The lowest BCUT2D eigenvalue weighted by atomic mass is 10.1. The second kappa shape index (κ2) is 5.65. The van der Waals surface area contributed by atoms with Crippen molar-refractivity contribution < 1.29 is 4.79 Å². The predicted molar refractivity (Wildman–Crippen MR) is 101 cm³/mol. The van der Waals surface area contributed by atoms with E-state index in [-0.39, 0.29) is 5.91 Å². The number of thiazole rings is 2. The van der Waals surface area contributed by atoms with Crippen molar-refractivity contribution in [1.82, 2.24) is 9.97 Å². The van der Waals surface area contributed by atoms with E-state index in [1.165, 1.54) is 11.3 Å². The van der Waals surface area contributed by atoms with Crippen LogP contribution in [0.15, 0.2) is 30.3 Å². The van der Waals surface area contributed by atoms with Crippen LogP contribution in [0.5, 0.6) is 0 Å². The molecule has 2 aromatic heterocycles. The number of hydrogen-bond acceptors (Lipinski definition) is 5. The smallest absolute Gasteiger partial charge is 0.257 e. The third-order valence-corrected chi connectivity index (χ3v) is 5.86. The Hall–Kier alpha value is -2.31. The molecular formula is C18H15N3OS2. The summed E-state index contributed by atoms with van der Waals surface area (Å²) in [6, 6.07) is 9.77. The lowest BCUT2D eigenvalue weighted by Gasteiger charge is -2.04. The molecule has 0 spiro atoms. The van der Waals surface area contributed by atoms with E-state index < -0.39 is 0 Å². The van der Waals surface area contributed by atoms with Crippen LogP contribution in [-0.4, -0.2) is 15.9 Å². The summed E-state index contributed by atoms with van der Waals surface area (Å²) in [7, 11) is 0. The van der Waals surface area contributed by atoms with Crippen molar-refractivity contribution in [3.05, 3.63) is 52.0 Å². The van der Waals surface area contributed by atoms with E-state index in [9.17, 15) is 4.79 Å². The minimum atomic E-state index is -0.127. The molecule has 0 aliphatic carbocycles. The van der Waals surface area contributed by atoms with Gasteiger partial charge in [0.15, 0.2) is 5.13 Å². The molecule has 0 aliphatic rings. The first-order valence-corrected chi connectivity index (χ1v) is 9.19. The van der Waals surface area contributed by atoms with Crippen LogP contribution in [0.4, 0.5) is 5.13 Å². The van der Waals surface area contributed by atoms with Crippen molar-refractivity contribution in [2.45, 2.75) is 20.8 Å². The Morgan fingerprint density at radius 1 is 0.917 bits per heavy atom. The van der Waals surface area contributed by atoms with Crippen LogP contribution >= 0.6 is 22.7 Å². The van der Waals surface area contributed by atoms with Gasteiger partial charge in [-0.05, 0) is 45.0 Å². The maximum Gasteiger partial charge on any atom is 0.257 e. The van der Waals surface area contributed by atoms with Gasteiger partial charge in [0, 0.05) is 5.56 Å². The Balaban J connectivity index is 1.71. The first kappa shape index (κ1) is 15.2. The monoisotopic (exact) mass is 353 g/mol. The van der Waals surface area contributed by atoms with E-state index in [4.69, 9.17) is 0 Å². The van der Waals surface area contributed by atoms with Gasteiger partial charge in [0.05, 0.1) is 25.4 Å². The molecule has 0 saturated heterocycles. The van der Waals surface area contributed by atoms with E-state index in [1.54, 1.807) is 11.3 Å². The molecule has 0 atom stereocenters. The van der Waals surface area contributed by atoms with Gasteiger partial charge < -0.3 is 0 Å². The predicted octanol–water partition coefficient (Wildman–Crippen LogP) is 5.08. The molecule has 0 radical (unpaired) electrons. The molecule has 24 heavy (non-hydrogen) atoms. The van der Waals surface area contributed by atoms with Crippen molar-refractivity contribution >= 4 is 54.1 Å². The van der Waals surface area contributed by atoms with Gasteiger partial charge in [-0.3, -0.25) is 10.1 Å². The maximum atomic E-state index is 12.5. The molecule has 2 aromatic carbocycles. The third kappa shape index (κ3) is 2.68. The van der Waals surface area contributed by atoms with Gasteiger partial charge >= 0.3 is 0 Å². The number of fused-ring (bicyclic) bond motifs is 3. The van der Waals surface area contributed by atoms with Gasteiger partial charge in [0.1, 0.15) is 0 Å². The summed E-state index contributed by atoms with van der Waals surface area (Å²) >= 11 is 3.16. The topological polar surface area (TPSA) is 54.9 Å². The zero-order valence-corrected chi connectivity index (χ0v) is 15.1. The van der Waals surface area contributed by atoms with Crippen LogP contribution in [0.3, 0.4) is 0 Å². The third-order valence-electron chi connectivity index (χ3n) is 3.72. The minimum absolute atomic E-state index is 0.127. The number of nitrogens with zero attached hydrogens (tertiary/aromatic N) is 2. The summed E-state index contributed by atoms with van der Waals surface area (Å²) in [6.07, 6.45) is 0. The Labute approximate surface area is 147 Å². The molecule has 0 saturated carbocycles. The first-order chi connectivity index (χ1) is 11.5. The Morgan fingerprint density at radius 3 is 2.25 bits per heavy atom. The molecule has 0 bridgehead atoms. The first-order valence-electron chi connectivity index (χ1n) is 7.56. The fourth-order valence-electron chi connectivity index (χ4n) is 2.81. The summed E-state index contributed by atoms with van der Waals surface area (Å²) in [5.41, 5.74) is 4.69. The Morgan fingerprint density at radius 2 is 1.54 bits per heavy atom. The highest BCUT2D eigenvalue weighted by Crippen LogP contribution is 2.35. The quantitative estimate of drug-likeness (QED) is 0.546. The SMILES string of the molecule is Cc1cc(C)cc(C(=O)Nc2nc3ccc4nc(C)sc4c3s2)c1. The largest absolute Gasteiger partial charge is 0.298 e. The van der Waals surface area contributed by atoms with E-state index in [2.05, 4.69) is 21.4 Å². The van der Waals surface area contributed by atoms with Crippen molar-refractivity contribution in [3.63, 3.8) is 0 Å².